The summed E-state index contributed by atoms with van der Waals surface area (Å²) in [5, 5.41) is 13.4. The first-order chi connectivity index (χ1) is 13.5. The van der Waals surface area contributed by atoms with E-state index < -0.39 is 0 Å². The third-order valence-corrected chi connectivity index (χ3v) is 5.34. The highest BCUT2D eigenvalue weighted by atomic mass is 35.5. The van der Waals surface area contributed by atoms with Crippen LogP contribution < -0.4 is 5.32 Å². The molecule has 0 unspecified atom stereocenters. The number of aliphatic hydroxyl groups excluding tert-OH is 1. The molecule has 0 bridgehead atoms. The predicted octanol–water partition coefficient (Wildman–Crippen LogP) is 3.62. The van der Waals surface area contributed by atoms with Crippen molar-refractivity contribution in [2.75, 3.05) is 5.75 Å². The molecule has 3 rings (SSSR count). The number of nitrogens with zero attached hydrogens (tertiary/aromatic N) is 2. The number of aliphatic hydroxyl groups is 1. The molecular weight excluding hydrogens is 401 g/mol. The van der Waals surface area contributed by atoms with Gasteiger partial charge >= 0.3 is 0 Å². The fourth-order valence-corrected chi connectivity index (χ4v) is 3.59. The van der Waals surface area contributed by atoms with Crippen LogP contribution in [0.25, 0.3) is 0 Å². The van der Waals surface area contributed by atoms with Crippen LogP contribution in [0.2, 0.25) is 5.02 Å². The van der Waals surface area contributed by atoms with Crippen molar-refractivity contribution in [1.29, 1.82) is 0 Å². The lowest BCUT2D eigenvalue weighted by Crippen LogP contribution is -2.24. The van der Waals surface area contributed by atoms with Crippen molar-refractivity contribution in [1.82, 2.24) is 14.9 Å². The Bertz CT molecular complexity index is 947. The van der Waals surface area contributed by atoms with Crippen LogP contribution in [0, 0.1) is 5.82 Å². The summed E-state index contributed by atoms with van der Waals surface area (Å²) in [4.78, 5) is 16.5. The van der Waals surface area contributed by atoms with Crippen LogP contribution >= 0.6 is 23.4 Å². The molecule has 0 aliphatic heterocycles. The number of imidazole rings is 1. The molecule has 3 aromatic rings. The van der Waals surface area contributed by atoms with Gasteiger partial charge in [-0.2, -0.15) is 0 Å². The summed E-state index contributed by atoms with van der Waals surface area (Å²) in [6.07, 6.45) is 1.73. The molecule has 0 radical (unpaired) electrons. The molecule has 0 aliphatic rings. The van der Waals surface area contributed by atoms with Crippen molar-refractivity contribution in [3.63, 3.8) is 0 Å². The molecule has 0 saturated heterocycles. The number of hydrogen-bond acceptors (Lipinski definition) is 4. The lowest BCUT2D eigenvalue weighted by atomic mass is 10.2. The topological polar surface area (TPSA) is 67.1 Å². The Labute approximate surface area is 171 Å². The van der Waals surface area contributed by atoms with E-state index in [4.69, 9.17) is 11.6 Å². The zero-order valence-electron chi connectivity index (χ0n) is 14.9. The maximum absolute atomic E-state index is 13.1. The first-order valence-electron chi connectivity index (χ1n) is 8.59. The van der Waals surface area contributed by atoms with Crippen LogP contribution in [0.5, 0.6) is 0 Å². The van der Waals surface area contributed by atoms with Crippen molar-refractivity contribution in [2.45, 2.75) is 24.9 Å². The smallest absolute Gasteiger partial charge is 0.230 e. The summed E-state index contributed by atoms with van der Waals surface area (Å²) in [7, 11) is 0. The minimum Gasteiger partial charge on any atom is -0.390 e. The van der Waals surface area contributed by atoms with E-state index in [0.717, 1.165) is 11.1 Å². The van der Waals surface area contributed by atoms with E-state index in [1.165, 1.54) is 23.9 Å². The highest BCUT2D eigenvalue weighted by Crippen LogP contribution is 2.20. The highest BCUT2D eigenvalue weighted by Gasteiger charge is 2.12. The van der Waals surface area contributed by atoms with Crippen LogP contribution in [-0.4, -0.2) is 26.3 Å². The van der Waals surface area contributed by atoms with E-state index in [2.05, 4.69) is 10.3 Å². The minimum atomic E-state index is -0.296. The van der Waals surface area contributed by atoms with Gasteiger partial charge in [-0.05, 0) is 29.3 Å². The molecule has 1 heterocycles. The number of halogens is 2. The first-order valence-corrected chi connectivity index (χ1v) is 9.96. The zero-order chi connectivity index (χ0) is 19.9. The molecule has 0 spiro atoms. The van der Waals surface area contributed by atoms with Crippen molar-refractivity contribution in [3.8, 4) is 0 Å². The molecule has 1 aromatic heterocycles. The molecule has 0 aliphatic carbocycles. The summed E-state index contributed by atoms with van der Waals surface area (Å²) in [6.45, 7) is 0.629. The van der Waals surface area contributed by atoms with E-state index >= 15 is 0 Å². The van der Waals surface area contributed by atoms with E-state index in [0.29, 0.717) is 29.0 Å². The van der Waals surface area contributed by atoms with Gasteiger partial charge in [0.15, 0.2) is 5.16 Å². The fourth-order valence-electron chi connectivity index (χ4n) is 2.56. The second kappa shape index (κ2) is 9.73. The number of hydrogen-bond donors (Lipinski definition) is 2. The van der Waals surface area contributed by atoms with Gasteiger partial charge in [0, 0.05) is 24.3 Å². The van der Waals surface area contributed by atoms with Gasteiger partial charge in [-0.1, -0.05) is 53.7 Å². The Morgan fingerprint density at radius 1 is 1.21 bits per heavy atom. The molecule has 2 N–H and O–H groups in total. The van der Waals surface area contributed by atoms with Crippen molar-refractivity contribution in [3.05, 3.63) is 82.4 Å². The lowest BCUT2D eigenvalue weighted by Gasteiger charge is -2.09. The maximum atomic E-state index is 13.1. The van der Waals surface area contributed by atoms with E-state index in [1.54, 1.807) is 24.4 Å². The number of rotatable bonds is 8. The Morgan fingerprint density at radius 2 is 1.96 bits per heavy atom. The van der Waals surface area contributed by atoms with Gasteiger partial charge < -0.3 is 15.0 Å². The molecule has 28 heavy (non-hydrogen) atoms. The Kier molecular flexibility index (Phi) is 7.08. The number of benzene rings is 2. The highest BCUT2D eigenvalue weighted by molar-refractivity contribution is 7.99. The molecule has 2 aromatic carbocycles. The molecule has 146 valence electrons. The van der Waals surface area contributed by atoms with Crippen molar-refractivity contribution < 1.29 is 14.3 Å². The molecule has 0 saturated carbocycles. The van der Waals surface area contributed by atoms with Crippen LogP contribution in [0.3, 0.4) is 0 Å². The van der Waals surface area contributed by atoms with Crippen molar-refractivity contribution in [2.24, 2.45) is 0 Å². The third kappa shape index (κ3) is 5.58. The van der Waals surface area contributed by atoms with Crippen LogP contribution in [0.4, 0.5) is 4.39 Å². The zero-order valence-corrected chi connectivity index (χ0v) is 16.5. The molecule has 8 heteroatoms. The lowest BCUT2D eigenvalue weighted by molar-refractivity contribution is -0.118. The molecule has 0 atom stereocenters. The summed E-state index contributed by atoms with van der Waals surface area (Å²) in [5.41, 5.74) is 2.26. The number of aromatic nitrogens is 2. The van der Waals surface area contributed by atoms with Crippen molar-refractivity contribution >= 4 is 29.3 Å². The van der Waals surface area contributed by atoms with E-state index in [1.807, 2.05) is 22.8 Å². The molecule has 5 nitrogen and oxygen atoms in total. The van der Waals surface area contributed by atoms with E-state index in [9.17, 15) is 14.3 Å². The summed E-state index contributed by atoms with van der Waals surface area (Å²) in [6, 6.07) is 13.5. The number of carbonyl (C=O) groups excluding carboxylic acids is 1. The van der Waals surface area contributed by atoms with Gasteiger partial charge in [-0.3, -0.25) is 4.79 Å². The molecule has 0 fully saturated rings. The van der Waals surface area contributed by atoms with Crippen LogP contribution in [-0.2, 0) is 24.5 Å². The number of nitrogens with one attached hydrogen (secondary N) is 1. The summed E-state index contributed by atoms with van der Waals surface area (Å²) >= 11 is 7.36. The standard InChI is InChI=1S/C20H19ClFN3O2S/c21-18-4-2-1-3-15(18)9-23-19(27)13-28-20-24-17(12-26)11-25(20)10-14-5-7-16(22)8-6-14/h1-8,11,26H,9-10,12-13H2,(H,23,27). The Balaban J connectivity index is 1.60. The summed E-state index contributed by atoms with van der Waals surface area (Å²) in [5.74, 6) is -0.266. The predicted molar refractivity (Wildman–Crippen MR) is 108 cm³/mol. The average molecular weight is 420 g/mol. The second-order valence-corrected chi connectivity index (χ2v) is 7.43. The van der Waals surface area contributed by atoms with Gasteiger partial charge in [-0.15, -0.1) is 0 Å². The van der Waals surface area contributed by atoms with Gasteiger partial charge in [0.05, 0.1) is 18.1 Å². The van der Waals surface area contributed by atoms with Gasteiger partial charge in [0.1, 0.15) is 5.82 Å². The molecule has 1 amide bonds. The Hall–Kier alpha value is -2.35. The third-order valence-electron chi connectivity index (χ3n) is 3.98. The SMILES string of the molecule is O=C(CSc1nc(CO)cn1Cc1ccc(F)cc1)NCc1ccccc1Cl. The van der Waals surface area contributed by atoms with E-state index in [-0.39, 0.29) is 24.1 Å². The monoisotopic (exact) mass is 419 g/mol. The quantitative estimate of drug-likeness (QED) is 0.547. The van der Waals surface area contributed by atoms with Gasteiger partial charge in [0.25, 0.3) is 0 Å². The maximum Gasteiger partial charge on any atom is 0.230 e. The largest absolute Gasteiger partial charge is 0.390 e. The average Bonchev–Trinajstić information content (AvgIpc) is 3.09. The number of amides is 1. The molecular formula is C20H19ClFN3O2S. The minimum absolute atomic E-state index is 0.146. The fraction of sp³-hybridized carbons (Fsp3) is 0.200. The van der Waals surface area contributed by atoms with Crippen LogP contribution in [0.15, 0.2) is 59.9 Å². The van der Waals surface area contributed by atoms with Crippen LogP contribution in [0.1, 0.15) is 16.8 Å². The van der Waals surface area contributed by atoms with Gasteiger partial charge in [-0.25, -0.2) is 9.37 Å². The number of carbonyl (C=O) groups is 1. The summed E-state index contributed by atoms with van der Waals surface area (Å²) < 4.78 is 14.9. The van der Waals surface area contributed by atoms with Gasteiger partial charge in [0.2, 0.25) is 5.91 Å². The normalized spacial score (nSPS) is 10.8. The number of thioether (sulfide) groups is 1. The first kappa shape index (κ1) is 20.4. The second-order valence-electron chi connectivity index (χ2n) is 6.08. The Morgan fingerprint density at radius 3 is 2.68 bits per heavy atom.